The lowest BCUT2D eigenvalue weighted by Gasteiger charge is -2.46. The first-order chi connectivity index (χ1) is 7.84. The molecule has 2 heteroatoms. The summed E-state index contributed by atoms with van der Waals surface area (Å²) < 4.78 is 0. The summed E-state index contributed by atoms with van der Waals surface area (Å²) in [6, 6.07) is 2.18. The molecule has 0 aliphatic heterocycles. The van der Waals surface area contributed by atoms with E-state index in [2.05, 4.69) is 39.1 Å². The summed E-state index contributed by atoms with van der Waals surface area (Å²) in [5.41, 5.74) is 0.728. The highest BCUT2D eigenvalue weighted by Crippen LogP contribution is 2.50. The molecule has 0 bridgehead atoms. The van der Waals surface area contributed by atoms with E-state index in [0.29, 0.717) is 5.92 Å². The van der Waals surface area contributed by atoms with Gasteiger partial charge in [-0.1, -0.05) is 33.6 Å². The van der Waals surface area contributed by atoms with Gasteiger partial charge in [-0.3, -0.25) is 0 Å². The van der Waals surface area contributed by atoms with Gasteiger partial charge in [0.1, 0.15) is 0 Å². The SMILES string of the molecule is Cc1cc(C2(O)CCCCC2C(C)(C)C)cs1. The van der Waals surface area contributed by atoms with E-state index in [0.717, 1.165) is 24.8 Å². The maximum absolute atomic E-state index is 11.2. The molecule has 1 nitrogen and oxygen atoms in total. The zero-order valence-corrected chi connectivity index (χ0v) is 12.2. The smallest absolute Gasteiger partial charge is 0.0937 e. The summed E-state index contributed by atoms with van der Waals surface area (Å²) in [7, 11) is 0. The Labute approximate surface area is 109 Å². The maximum Gasteiger partial charge on any atom is 0.0937 e. The van der Waals surface area contributed by atoms with Crippen molar-refractivity contribution in [2.45, 2.75) is 59.0 Å². The van der Waals surface area contributed by atoms with Crippen molar-refractivity contribution in [1.82, 2.24) is 0 Å². The Kier molecular flexibility index (Phi) is 3.39. The van der Waals surface area contributed by atoms with E-state index < -0.39 is 5.60 Å². The van der Waals surface area contributed by atoms with Crippen LogP contribution in [0.1, 0.15) is 56.9 Å². The van der Waals surface area contributed by atoms with Crippen molar-refractivity contribution >= 4 is 11.3 Å². The molecule has 1 aromatic rings. The monoisotopic (exact) mass is 252 g/mol. The third kappa shape index (κ3) is 2.43. The van der Waals surface area contributed by atoms with Crippen molar-refractivity contribution in [3.8, 4) is 0 Å². The standard InChI is InChI=1S/C15H24OS/c1-11-9-12(10-17-11)15(16)8-6-5-7-13(15)14(2,3)4/h9-10,13,16H,5-8H2,1-4H3. The first kappa shape index (κ1) is 13.1. The average molecular weight is 252 g/mol. The predicted molar refractivity (Wildman–Crippen MR) is 74.4 cm³/mol. The average Bonchev–Trinajstić information content (AvgIpc) is 2.64. The summed E-state index contributed by atoms with van der Waals surface area (Å²) in [6.45, 7) is 8.89. The molecule has 1 aliphatic rings. The summed E-state index contributed by atoms with van der Waals surface area (Å²) in [4.78, 5) is 1.30. The van der Waals surface area contributed by atoms with E-state index in [9.17, 15) is 5.11 Å². The molecule has 17 heavy (non-hydrogen) atoms. The molecule has 2 rings (SSSR count). The molecule has 1 aromatic heterocycles. The third-order valence-corrected chi connectivity index (χ3v) is 5.01. The van der Waals surface area contributed by atoms with Gasteiger partial charge in [0.25, 0.3) is 0 Å². The molecular formula is C15H24OS. The van der Waals surface area contributed by atoms with Crippen LogP contribution in [0.4, 0.5) is 0 Å². The molecule has 1 saturated carbocycles. The summed E-state index contributed by atoms with van der Waals surface area (Å²) in [5.74, 6) is 0.373. The minimum absolute atomic E-state index is 0.172. The van der Waals surface area contributed by atoms with Crippen LogP contribution in [0.25, 0.3) is 0 Å². The van der Waals surface area contributed by atoms with Gasteiger partial charge in [-0.25, -0.2) is 0 Å². The zero-order valence-electron chi connectivity index (χ0n) is 11.4. The largest absolute Gasteiger partial charge is 0.385 e. The highest BCUT2D eigenvalue weighted by Gasteiger charge is 2.46. The molecule has 0 spiro atoms. The van der Waals surface area contributed by atoms with E-state index in [1.165, 1.54) is 11.3 Å². The first-order valence-corrected chi connectivity index (χ1v) is 7.50. The minimum Gasteiger partial charge on any atom is -0.385 e. The van der Waals surface area contributed by atoms with Gasteiger partial charge in [0, 0.05) is 4.88 Å². The fourth-order valence-electron chi connectivity index (χ4n) is 3.32. The molecule has 0 radical (unpaired) electrons. The molecule has 2 atom stereocenters. The molecule has 1 N–H and O–H groups in total. The van der Waals surface area contributed by atoms with Gasteiger partial charge in [-0.2, -0.15) is 0 Å². The Balaban J connectivity index is 2.38. The Morgan fingerprint density at radius 2 is 2.06 bits per heavy atom. The Hall–Kier alpha value is -0.340. The fourth-order valence-corrected chi connectivity index (χ4v) is 4.10. The van der Waals surface area contributed by atoms with E-state index in [1.54, 1.807) is 11.3 Å². The molecule has 1 heterocycles. The molecule has 0 aromatic carbocycles. The van der Waals surface area contributed by atoms with Crippen LogP contribution in [-0.4, -0.2) is 5.11 Å². The highest BCUT2D eigenvalue weighted by molar-refractivity contribution is 7.10. The van der Waals surface area contributed by atoms with Crippen LogP contribution in [0.5, 0.6) is 0 Å². The number of rotatable bonds is 1. The normalized spacial score (nSPS) is 30.5. The molecule has 0 saturated heterocycles. The third-order valence-electron chi connectivity index (χ3n) is 4.15. The van der Waals surface area contributed by atoms with Crippen LogP contribution in [0.2, 0.25) is 0 Å². The molecule has 2 unspecified atom stereocenters. The first-order valence-electron chi connectivity index (χ1n) is 6.62. The molecule has 1 aliphatic carbocycles. The molecular weight excluding hydrogens is 228 g/mol. The van der Waals surface area contributed by atoms with Gasteiger partial charge in [0.15, 0.2) is 0 Å². The van der Waals surface area contributed by atoms with Gasteiger partial charge >= 0.3 is 0 Å². The minimum atomic E-state index is -0.596. The van der Waals surface area contributed by atoms with Crippen molar-refractivity contribution in [2.24, 2.45) is 11.3 Å². The predicted octanol–water partition coefficient (Wildman–Crippen LogP) is 4.48. The van der Waals surface area contributed by atoms with Crippen LogP contribution < -0.4 is 0 Å². The van der Waals surface area contributed by atoms with Gasteiger partial charge in [0.2, 0.25) is 0 Å². The number of aryl methyl sites for hydroxylation is 1. The van der Waals surface area contributed by atoms with Crippen LogP contribution in [-0.2, 0) is 5.60 Å². The van der Waals surface area contributed by atoms with Crippen LogP contribution >= 0.6 is 11.3 Å². The summed E-state index contributed by atoms with van der Waals surface area (Å²) in [6.07, 6.45) is 4.48. The second-order valence-corrected chi connectivity index (χ2v) is 7.65. The Morgan fingerprint density at radius 3 is 2.59 bits per heavy atom. The lowest BCUT2D eigenvalue weighted by Crippen LogP contribution is -2.44. The van der Waals surface area contributed by atoms with Crippen LogP contribution in [0.3, 0.4) is 0 Å². The lowest BCUT2D eigenvalue weighted by atomic mass is 9.62. The van der Waals surface area contributed by atoms with Crippen molar-refractivity contribution in [3.63, 3.8) is 0 Å². The number of aliphatic hydroxyl groups is 1. The fraction of sp³-hybridized carbons (Fsp3) is 0.733. The van der Waals surface area contributed by atoms with Gasteiger partial charge < -0.3 is 5.11 Å². The number of hydrogen-bond acceptors (Lipinski definition) is 2. The molecule has 96 valence electrons. The summed E-state index contributed by atoms with van der Waals surface area (Å²) >= 11 is 1.75. The van der Waals surface area contributed by atoms with Gasteiger partial charge in [-0.05, 0) is 48.1 Å². The summed E-state index contributed by atoms with van der Waals surface area (Å²) in [5, 5.41) is 13.3. The number of hydrogen-bond donors (Lipinski definition) is 1. The van der Waals surface area contributed by atoms with E-state index >= 15 is 0 Å². The van der Waals surface area contributed by atoms with Gasteiger partial charge in [0.05, 0.1) is 5.60 Å². The Morgan fingerprint density at radius 1 is 1.35 bits per heavy atom. The quantitative estimate of drug-likeness (QED) is 0.781. The van der Waals surface area contributed by atoms with Crippen molar-refractivity contribution < 1.29 is 5.11 Å². The van der Waals surface area contributed by atoms with Crippen molar-refractivity contribution in [2.75, 3.05) is 0 Å². The van der Waals surface area contributed by atoms with E-state index in [-0.39, 0.29) is 5.41 Å². The lowest BCUT2D eigenvalue weighted by molar-refractivity contribution is -0.0956. The Bertz CT molecular complexity index is 388. The maximum atomic E-state index is 11.2. The van der Waals surface area contributed by atoms with Crippen molar-refractivity contribution in [3.05, 3.63) is 21.9 Å². The topological polar surface area (TPSA) is 20.2 Å². The van der Waals surface area contributed by atoms with Crippen LogP contribution in [0, 0.1) is 18.3 Å². The number of thiophene rings is 1. The zero-order chi connectivity index (χ0) is 12.7. The van der Waals surface area contributed by atoms with E-state index in [4.69, 9.17) is 0 Å². The highest BCUT2D eigenvalue weighted by atomic mass is 32.1. The van der Waals surface area contributed by atoms with Crippen molar-refractivity contribution in [1.29, 1.82) is 0 Å². The van der Waals surface area contributed by atoms with Crippen LogP contribution in [0.15, 0.2) is 11.4 Å². The molecule has 1 fully saturated rings. The second kappa shape index (κ2) is 4.40. The second-order valence-electron chi connectivity index (χ2n) is 6.53. The van der Waals surface area contributed by atoms with Gasteiger partial charge in [-0.15, -0.1) is 11.3 Å². The van der Waals surface area contributed by atoms with E-state index in [1.807, 2.05) is 0 Å². The molecule has 0 amide bonds.